The maximum atomic E-state index is 8.00. The summed E-state index contributed by atoms with van der Waals surface area (Å²) in [6, 6.07) is 63.0. The van der Waals surface area contributed by atoms with Gasteiger partial charge in [0.05, 0.1) is 0 Å². The van der Waals surface area contributed by atoms with Gasteiger partial charge in [0.1, 0.15) is 0 Å². The molecule has 0 radical (unpaired) electrons. The van der Waals surface area contributed by atoms with Crippen LogP contribution in [0, 0.1) is 0 Å². The van der Waals surface area contributed by atoms with Crippen molar-refractivity contribution in [2.75, 3.05) is 0 Å². The molecule has 0 atom stereocenters. The summed E-state index contributed by atoms with van der Waals surface area (Å²) in [6.07, 6.45) is 0. The summed E-state index contributed by atoms with van der Waals surface area (Å²) in [5.74, 6) is 0. The average molecular weight is 707 g/mol. The Morgan fingerprint density at radius 3 is 0.857 bits per heavy atom. The molecule has 244 valence electrons. The van der Waals surface area contributed by atoms with Gasteiger partial charge in [-0.05, 0) is 44.2 Å². The molecule has 3 nitrogen and oxygen atoms in total. The van der Waals surface area contributed by atoms with E-state index in [0.29, 0.717) is 0 Å². The SMILES string of the molecule is C=C[Si](O[Si](C)(C)O[Si](O[Si](C=C)(c1ccccc1)c1ccccc1)(c1ccccc1)c1ccccc1)(c1ccccc1)c1ccccc1. The number of rotatable bonds is 14. The smallest absolute Gasteiger partial charge is 0.388 e. The van der Waals surface area contributed by atoms with Crippen LogP contribution in [0.25, 0.3) is 0 Å². The molecule has 0 aliphatic rings. The van der Waals surface area contributed by atoms with E-state index >= 15 is 0 Å². The summed E-state index contributed by atoms with van der Waals surface area (Å²) in [6.45, 7) is 13.2. The summed E-state index contributed by atoms with van der Waals surface area (Å²) in [5, 5.41) is 6.48. The van der Waals surface area contributed by atoms with Crippen molar-refractivity contribution in [3.8, 4) is 0 Å². The Labute approximate surface area is 295 Å². The maximum Gasteiger partial charge on any atom is 0.388 e. The molecule has 0 amide bonds. The van der Waals surface area contributed by atoms with Crippen molar-refractivity contribution < 1.29 is 12.3 Å². The van der Waals surface area contributed by atoms with Crippen LogP contribution >= 0.6 is 0 Å². The van der Waals surface area contributed by atoms with Crippen molar-refractivity contribution in [2.45, 2.75) is 13.1 Å². The molecule has 6 rings (SSSR count). The molecule has 0 saturated heterocycles. The minimum atomic E-state index is -3.60. The second-order valence-electron chi connectivity index (χ2n) is 12.4. The highest BCUT2D eigenvalue weighted by Gasteiger charge is 2.56. The van der Waals surface area contributed by atoms with E-state index in [1.807, 2.05) is 42.1 Å². The maximum absolute atomic E-state index is 8.00. The second-order valence-corrected chi connectivity index (χ2v) is 26.1. The summed E-state index contributed by atoms with van der Waals surface area (Å²) in [7, 11) is -12.9. The standard InChI is InChI=1S/C42H42O3Si4/c1-5-47(37-25-13-7-14-26-37,38-27-15-8-16-28-38)43-46(3,4)44-49(41-33-21-11-22-34-41,42-35-23-12-24-36-42)45-48(6-2,39-29-17-9-18-30-39)40-31-19-10-20-32-40/h5-36H,1-2H2,3-4H3. The van der Waals surface area contributed by atoms with Gasteiger partial charge in [-0.15, -0.1) is 13.2 Å². The van der Waals surface area contributed by atoms with E-state index in [2.05, 4.69) is 178 Å². The van der Waals surface area contributed by atoms with Crippen LogP contribution < -0.4 is 31.1 Å². The van der Waals surface area contributed by atoms with Gasteiger partial charge in [0.15, 0.2) is 0 Å². The molecule has 0 bridgehead atoms. The van der Waals surface area contributed by atoms with Gasteiger partial charge in [-0.3, -0.25) is 0 Å². The molecule has 6 aromatic carbocycles. The number of hydrogen-bond acceptors (Lipinski definition) is 3. The topological polar surface area (TPSA) is 27.7 Å². The van der Waals surface area contributed by atoms with Crippen molar-refractivity contribution in [1.82, 2.24) is 0 Å². The monoisotopic (exact) mass is 706 g/mol. The predicted molar refractivity (Wildman–Crippen MR) is 215 cm³/mol. The van der Waals surface area contributed by atoms with Gasteiger partial charge >= 0.3 is 17.1 Å². The molecular weight excluding hydrogens is 665 g/mol. The summed E-state index contributed by atoms with van der Waals surface area (Å²) in [4.78, 5) is 0. The zero-order chi connectivity index (χ0) is 34.2. The first kappa shape index (κ1) is 34.4. The molecule has 0 aliphatic heterocycles. The normalized spacial score (nSPS) is 12.3. The minimum absolute atomic E-state index is 1.02. The first-order chi connectivity index (χ1) is 23.9. The first-order valence-corrected chi connectivity index (χ1v) is 25.2. The Hall–Kier alpha value is -4.45. The van der Waals surface area contributed by atoms with E-state index in [1.165, 1.54) is 0 Å². The summed E-state index contributed by atoms with van der Waals surface area (Å²) >= 11 is 0. The van der Waals surface area contributed by atoms with Crippen LogP contribution in [0.5, 0.6) is 0 Å². The Bertz CT molecular complexity index is 1820. The molecule has 7 heteroatoms. The lowest BCUT2D eigenvalue weighted by Gasteiger charge is -2.46. The van der Waals surface area contributed by atoms with Gasteiger partial charge in [0.2, 0.25) is 0 Å². The van der Waals surface area contributed by atoms with Crippen LogP contribution in [0.1, 0.15) is 0 Å². The highest BCUT2D eigenvalue weighted by molar-refractivity contribution is 7.11. The lowest BCUT2D eigenvalue weighted by molar-refractivity contribution is 0.350. The van der Waals surface area contributed by atoms with Gasteiger partial charge in [-0.25, -0.2) is 0 Å². The van der Waals surface area contributed by atoms with Crippen LogP contribution in [0.2, 0.25) is 13.1 Å². The van der Waals surface area contributed by atoms with Crippen molar-refractivity contribution in [2.24, 2.45) is 0 Å². The van der Waals surface area contributed by atoms with Gasteiger partial charge in [-0.2, -0.15) is 0 Å². The molecule has 0 fully saturated rings. The van der Waals surface area contributed by atoms with E-state index < -0.39 is 33.8 Å². The molecule has 0 N–H and O–H groups in total. The van der Waals surface area contributed by atoms with Crippen molar-refractivity contribution >= 4 is 64.9 Å². The molecule has 0 heterocycles. The van der Waals surface area contributed by atoms with E-state index in [9.17, 15) is 0 Å². The third-order valence-corrected chi connectivity index (χ3v) is 25.7. The van der Waals surface area contributed by atoms with Crippen LogP contribution in [-0.4, -0.2) is 33.8 Å². The third kappa shape index (κ3) is 7.01. The fraction of sp³-hybridized carbons (Fsp3) is 0.0476. The van der Waals surface area contributed by atoms with Gasteiger partial charge < -0.3 is 12.3 Å². The predicted octanol–water partition coefficient (Wildman–Crippen LogP) is 5.96. The quantitative estimate of drug-likeness (QED) is 0.131. The molecule has 49 heavy (non-hydrogen) atoms. The molecular formula is C42H42O3Si4. The highest BCUT2D eigenvalue weighted by Crippen LogP contribution is 2.26. The second kappa shape index (κ2) is 15.0. The molecule has 0 unspecified atom stereocenters. The van der Waals surface area contributed by atoms with Gasteiger partial charge in [0, 0.05) is 0 Å². The molecule has 6 aromatic rings. The molecule has 0 aromatic heterocycles. The minimum Gasteiger partial charge on any atom is -0.426 e. The zero-order valence-corrected chi connectivity index (χ0v) is 32.1. The number of benzene rings is 6. The Morgan fingerprint density at radius 1 is 0.347 bits per heavy atom. The Morgan fingerprint density at radius 2 is 0.592 bits per heavy atom. The van der Waals surface area contributed by atoms with Crippen LogP contribution in [0.4, 0.5) is 0 Å². The van der Waals surface area contributed by atoms with Crippen LogP contribution in [0.15, 0.2) is 207 Å². The first-order valence-electron chi connectivity index (χ1n) is 16.6. The van der Waals surface area contributed by atoms with E-state index in [1.54, 1.807) is 0 Å². The third-order valence-electron chi connectivity index (χ3n) is 8.79. The highest BCUT2D eigenvalue weighted by atomic mass is 28.5. The number of hydrogen-bond donors (Lipinski definition) is 0. The average Bonchev–Trinajstić information content (AvgIpc) is 3.17. The molecule has 0 aliphatic carbocycles. The molecule has 0 spiro atoms. The van der Waals surface area contributed by atoms with Gasteiger partial charge in [-0.1, -0.05) is 193 Å². The van der Waals surface area contributed by atoms with Crippen molar-refractivity contribution in [3.05, 3.63) is 207 Å². The van der Waals surface area contributed by atoms with E-state index in [0.717, 1.165) is 31.1 Å². The van der Waals surface area contributed by atoms with Crippen LogP contribution in [0.3, 0.4) is 0 Å². The van der Waals surface area contributed by atoms with E-state index in [-0.39, 0.29) is 0 Å². The van der Waals surface area contributed by atoms with E-state index in [4.69, 9.17) is 12.3 Å². The Kier molecular flexibility index (Phi) is 10.5. The Balaban J connectivity index is 1.59. The van der Waals surface area contributed by atoms with Crippen LogP contribution in [-0.2, 0) is 12.3 Å². The fourth-order valence-electron chi connectivity index (χ4n) is 6.59. The van der Waals surface area contributed by atoms with Crippen molar-refractivity contribution in [3.63, 3.8) is 0 Å². The lowest BCUT2D eigenvalue weighted by Crippen LogP contribution is -2.76. The van der Waals surface area contributed by atoms with Crippen molar-refractivity contribution in [1.29, 1.82) is 0 Å². The molecule has 0 saturated carbocycles. The summed E-state index contributed by atoms with van der Waals surface area (Å²) in [5.41, 5.74) is 4.10. The zero-order valence-electron chi connectivity index (χ0n) is 28.1. The summed E-state index contributed by atoms with van der Waals surface area (Å²) < 4.78 is 23.4. The fourth-order valence-corrected chi connectivity index (χ4v) is 25.7. The lowest BCUT2D eigenvalue weighted by atomic mass is 10.4. The van der Waals surface area contributed by atoms with Gasteiger partial charge in [0.25, 0.3) is 16.6 Å². The largest absolute Gasteiger partial charge is 0.426 e.